The molecule has 0 saturated carbocycles. The number of halogens is 1. The lowest BCUT2D eigenvalue weighted by molar-refractivity contribution is -0.117. The van der Waals surface area contributed by atoms with Crippen LogP contribution in [0.4, 0.5) is 11.4 Å². The van der Waals surface area contributed by atoms with Gasteiger partial charge in [-0.3, -0.25) is 4.79 Å². The summed E-state index contributed by atoms with van der Waals surface area (Å²) in [6.45, 7) is 3.71. The Hall–Kier alpha value is -1.27. The van der Waals surface area contributed by atoms with Crippen molar-refractivity contribution in [2.24, 2.45) is 0 Å². The minimum Gasteiger partial charge on any atom is -0.384 e. The average Bonchev–Trinajstić information content (AvgIpc) is 2.74. The van der Waals surface area contributed by atoms with Crippen LogP contribution in [-0.4, -0.2) is 31.9 Å². The van der Waals surface area contributed by atoms with Crippen molar-refractivity contribution >= 4 is 39.5 Å². The summed E-state index contributed by atoms with van der Waals surface area (Å²) in [7, 11) is -3.46. The minimum absolute atomic E-state index is 0. The highest BCUT2D eigenvalue weighted by Gasteiger charge is 2.38. The van der Waals surface area contributed by atoms with Gasteiger partial charge in [-0.05, 0) is 44.0 Å². The first-order valence-electron chi connectivity index (χ1n) is 6.09. The van der Waals surface area contributed by atoms with Crippen LogP contribution in [0.15, 0.2) is 18.2 Å². The maximum atomic E-state index is 12.1. The van der Waals surface area contributed by atoms with Gasteiger partial charge in [-0.1, -0.05) is 0 Å². The highest BCUT2D eigenvalue weighted by molar-refractivity contribution is 7.92. The molecule has 1 heterocycles. The summed E-state index contributed by atoms with van der Waals surface area (Å²) in [5.74, 6) is -0.513. The molecule has 1 aromatic carbocycles. The third-order valence-electron chi connectivity index (χ3n) is 3.55. The maximum absolute atomic E-state index is 12.1. The van der Waals surface area contributed by atoms with E-state index in [0.29, 0.717) is 5.69 Å². The van der Waals surface area contributed by atoms with Crippen molar-refractivity contribution in [3.8, 4) is 0 Å². The SMILES string of the molecule is CC(C)(C(=O)Nc1ccc2c(c1)CCN2)S(C)(=O)=O.Cl. The Labute approximate surface area is 125 Å². The molecule has 0 atom stereocenters. The van der Waals surface area contributed by atoms with Crippen LogP contribution in [0, 0.1) is 0 Å². The van der Waals surface area contributed by atoms with Gasteiger partial charge in [0.25, 0.3) is 0 Å². The lowest BCUT2D eigenvalue weighted by Crippen LogP contribution is -2.43. The predicted molar refractivity (Wildman–Crippen MR) is 83.4 cm³/mol. The van der Waals surface area contributed by atoms with E-state index in [1.807, 2.05) is 12.1 Å². The molecule has 7 heteroatoms. The van der Waals surface area contributed by atoms with E-state index in [2.05, 4.69) is 10.6 Å². The molecule has 0 saturated heterocycles. The van der Waals surface area contributed by atoms with Crippen LogP contribution in [0.1, 0.15) is 19.4 Å². The second-order valence-electron chi connectivity index (χ2n) is 5.29. The molecule has 0 unspecified atom stereocenters. The lowest BCUT2D eigenvalue weighted by atomic mass is 10.1. The Morgan fingerprint density at radius 3 is 2.60 bits per heavy atom. The van der Waals surface area contributed by atoms with Gasteiger partial charge in [-0.2, -0.15) is 0 Å². The number of anilines is 2. The highest BCUT2D eigenvalue weighted by Crippen LogP contribution is 2.26. The maximum Gasteiger partial charge on any atom is 0.245 e. The van der Waals surface area contributed by atoms with Gasteiger partial charge in [-0.15, -0.1) is 12.4 Å². The number of amides is 1. The van der Waals surface area contributed by atoms with Crippen LogP contribution in [0.2, 0.25) is 0 Å². The number of sulfone groups is 1. The van der Waals surface area contributed by atoms with Gasteiger partial charge in [0.1, 0.15) is 4.75 Å². The standard InChI is InChI=1S/C13H18N2O3S.ClH/c1-13(2,19(3,17)18)12(16)15-10-4-5-11-9(8-10)6-7-14-11;/h4-5,8,14H,6-7H2,1-3H3,(H,15,16);1H. The Morgan fingerprint density at radius 1 is 1.35 bits per heavy atom. The Balaban J connectivity index is 0.00000200. The highest BCUT2D eigenvalue weighted by atomic mass is 35.5. The fraction of sp³-hybridized carbons (Fsp3) is 0.462. The van der Waals surface area contributed by atoms with Crippen LogP contribution < -0.4 is 10.6 Å². The molecule has 1 aromatic rings. The number of nitrogens with one attached hydrogen (secondary N) is 2. The van der Waals surface area contributed by atoms with Crippen molar-refractivity contribution in [3.05, 3.63) is 23.8 Å². The molecule has 0 bridgehead atoms. The van der Waals surface area contributed by atoms with Gasteiger partial charge < -0.3 is 10.6 Å². The smallest absolute Gasteiger partial charge is 0.245 e. The molecule has 1 amide bonds. The molecular formula is C13H19ClN2O3S. The van der Waals surface area contributed by atoms with E-state index in [0.717, 1.165) is 30.5 Å². The predicted octanol–water partition coefficient (Wildman–Crippen LogP) is 1.84. The van der Waals surface area contributed by atoms with E-state index in [1.54, 1.807) is 6.07 Å². The third kappa shape index (κ3) is 3.07. The first-order chi connectivity index (χ1) is 8.72. The topological polar surface area (TPSA) is 75.3 Å². The van der Waals surface area contributed by atoms with Gasteiger partial charge in [0.15, 0.2) is 9.84 Å². The van der Waals surface area contributed by atoms with Gasteiger partial charge >= 0.3 is 0 Å². The van der Waals surface area contributed by atoms with E-state index < -0.39 is 20.5 Å². The van der Waals surface area contributed by atoms with Gasteiger partial charge in [-0.25, -0.2) is 8.42 Å². The Bertz CT molecular complexity index is 627. The van der Waals surface area contributed by atoms with E-state index >= 15 is 0 Å². The zero-order valence-electron chi connectivity index (χ0n) is 11.7. The minimum atomic E-state index is -3.46. The molecule has 0 aromatic heterocycles. The van der Waals surface area contributed by atoms with Gasteiger partial charge in [0, 0.05) is 24.2 Å². The summed E-state index contributed by atoms with van der Waals surface area (Å²) < 4.78 is 21.8. The van der Waals surface area contributed by atoms with Crippen molar-refractivity contribution in [2.45, 2.75) is 25.0 Å². The molecule has 1 aliphatic heterocycles. The number of carbonyl (C=O) groups is 1. The molecule has 20 heavy (non-hydrogen) atoms. The van der Waals surface area contributed by atoms with Crippen molar-refractivity contribution in [1.29, 1.82) is 0 Å². The van der Waals surface area contributed by atoms with Crippen molar-refractivity contribution in [1.82, 2.24) is 0 Å². The molecule has 2 rings (SSSR count). The van der Waals surface area contributed by atoms with Crippen LogP contribution in [-0.2, 0) is 21.1 Å². The molecule has 5 nitrogen and oxygen atoms in total. The molecular weight excluding hydrogens is 300 g/mol. The monoisotopic (exact) mass is 318 g/mol. The van der Waals surface area contributed by atoms with E-state index in [1.165, 1.54) is 13.8 Å². The summed E-state index contributed by atoms with van der Waals surface area (Å²) in [6, 6.07) is 5.55. The lowest BCUT2D eigenvalue weighted by Gasteiger charge is -2.21. The molecule has 1 aliphatic rings. The fourth-order valence-corrected chi connectivity index (χ4v) is 2.22. The van der Waals surface area contributed by atoms with E-state index in [-0.39, 0.29) is 12.4 Å². The Kier molecular flexibility index (Phi) is 4.71. The number of benzene rings is 1. The molecule has 112 valence electrons. The average molecular weight is 319 g/mol. The molecule has 0 fully saturated rings. The molecule has 0 radical (unpaired) electrons. The summed E-state index contributed by atoms with van der Waals surface area (Å²) in [5, 5.41) is 5.90. The zero-order chi connectivity index (χ0) is 14.3. The number of rotatable bonds is 3. The summed E-state index contributed by atoms with van der Waals surface area (Å²) in [4.78, 5) is 12.1. The first-order valence-corrected chi connectivity index (χ1v) is 7.99. The van der Waals surface area contributed by atoms with Crippen LogP contribution in [0.3, 0.4) is 0 Å². The van der Waals surface area contributed by atoms with Crippen molar-refractivity contribution < 1.29 is 13.2 Å². The number of hydrogen-bond acceptors (Lipinski definition) is 4. The zero-order valence-corrected chi connectivity index (χ0v) is 13.3. The quantitative estimate of drug-likeness (QED) is 0.891. The van der Waals surface area contributed by atoms with Crippen molar-refractivity contribution in [3.63, 3.8) is 0 Å². The van der Waals surface area contributed by atoms with Crippen LogP contribution in [0.5, 0.6) is 0 Å². The summed E-state index contributed by atoms with van der Waals surface area (Å²) >= 11 is 0. The second-order valence-corrected chi connectivity index (χ2v) is 7.85. The van der Waals surface area contributed by atoms with Gasteiger partial charge in [0.05, 0.1) is 0 Å². The normalized spacial score (nSPS) is 13.9. The summed E-state index contributed by atoms with van der Waals surface area (Å²) in [6.07, 6.45) is 1.98. The molecule has 0 spiro atoms. The van der Waals surface area contributed by atoms with Crippen molar-refractivity contribution in [2.75, 3.05) is 23.4 Å². The van der Waals surface area contributed by atoms with E-state index in [9.17, 15) is 13.2 Å². The first kappa shape index (κ1) is 16.8. The molecule has 2 N–H and O–H groups in total. The van der Waals surface area contributed by atoms with Gasteiger partial charge in [0.2, 0.25) is 5.91 Å². The Morgan fingerprint density at radius 2 is 2.00 bits per heavy atom. The number of fused-ring (bicyclic) bond motifs is 1. The number of hydrogen-bond donors (Lipinski definition) is 2. The second kappa shape index (κ2) is 5.61. The van der Waals surface area contributed by atoms with E-state index in [4.69, 9.17) is 0 Å². The largest absolute Gasteiger partial charge is 0.384 e. The van der Waals surface area contributed by atoms with Crippen LogP contribution in [0.25, 0.3) is 0 Å². The fourth-order valence-electron chi connectivity index (χ4n) is 1.83. The molecule has 0 aliphatic carbocycles. The third-order valence-corrected chi connectivity index (χ3v) is 5.59. The number of carbonyl (C=O) groups excluding carboxylic acids is 1. The summed E-state index contributed by atoms with van der Waals surface area (Å²) in [5.41, 5.74) is 2.83. The van der Waals surface area contributed by atoms with Crippen LogP contribution >= 0.6 is 12.4 Å².